The van der Waals surface area contributed by atoms with Gasteiger partial charge in [0.15, 0.2) is 0 Å². The number of fused-ring (bicyclic) bond motifs is 1. The number of anilines is 2. The third kappa shape index (κ3) is 3.79. The number of rotatable bonds is 5. The van der Waals surface area contributed by atoms with Gasteiger partial charge in [-0.3, -0.25) is 14.7 Å². The molecule has 1 saturated carbocycles. The lowest BCUT2D eigenvalue weighted by Gasteiger charge is -2.38. The van der Waals surface area contributed by atoms with E-state index in [0.29, 0.717) is 0 Å². The molecule has 1 atom stereocenters. The molecule has 5 heteroatoms. The van der Waals surface area contributed by atoms with Gasteiger partial charge >= 0.3 is 0 Å². The van der Waals surface area contributed by atoms with Crippen LogP contribution in [0, 0.1) is 19.8 Å². The lowest BCUT2D eigenvalue weighted by atomic mass is 10.0. The second kappa shape index (κ2) is 8.72. The van der Waals surface area contributed by atoms with Crippen molar-refractivity contribution in [3.8, 4) is 16.9 Å². The van der Waals surface area contributed by atoms with Crippen LogP contribution in [0.25, 0.3) is 11.1 Å². The van der Waals surface area contributed by atoms with Crippen LogP contribution < -0.4 is 14.6 Å². The van der Waals surface area contributed by atoms with Crippen LogP contribution in [0.4, 0.5) is 11.4 Å². The molecule has 3 aromatic carbocycles. The predicted octanol–water partition coefficient (Wildman–Crippen LogP) is 6.25. The van der Waals surface area contributed by atoms with E-state index in [0.717, 1.165) is 54.1 Å². The minimum Gasteiger partial charge on any atom is -0.497 e. The average molecular weight is 468 g/mol. The van der Waals surface area contributed by atoms with E-state index in [9.17, 15) is 4.79 Å². The molecule has 1 unspecified atom stereocenters. The van der Waals surface area contributed by atoms with Crippen molar-refractivity contribution in [2.24, 2.45) is 5.92 Å². The fourth-order valence-corrected chi connectivity index (χ4v) is 5.53. The Bertz CT molecular complexity index is 1240. The SMILES string of the molecule is COc1ccc(-c2ccc(C3N(C(=O)C4CC4)c4ccc(C)c(C)c4N3N3CCCC3)cc2)cc1. The van der Waals surface area contributed by atoms with Crippen molar-refractivity contribution in [2.75, 3.05) is 30.1 Å². The van der Waals surface area contributed by atoms with E-state index in [-0.39, 0.29) is 18.0 Å². The van der Waals surface area contributed by atoms with Crippen molar-refractivity contribution < 1.29 is 9.53 Å². The number of methoxy groups -OCH3 is 1. The Morgan fingerprint density at radius 1 is 0.857 bits per heavy atom. The minimum absolute atomic E-state index is 0.151. The molecule has 0 radical (unpaired) electrons. The Morgan fingerprint density at radius 3 is 2.09 bits per heavy atom. The van der Waals surface area contributed by atoms with E-state index in [1.54, 1.807) is 7.11 Å². The number of ether oxygens (including phenoxy) is 1. The molecule has 0 aromatic heterocycles. The summed E-state index contributed by atoms with van der Waals surface area (Å²) in [6.07, 6.45) is 4.24. The van der Waals surface area contributed by atoms with Gasteiger partial charge in [0, 0.05) is 19.0 Å². The van der Waals surface area contributed by atoms with Gasteiger partial charge in [-0.05, 0) is 85.5 Å². The third-order valence-corrected chi connectivity index (χ3v) is 7.83. The Kier molecular flexibility index (Phi) is 5.53. The summed E-state index contributed by atoms with van der Waals surface area (Å²) in [7, 11) is 1.69. The lowest BCUT2D eigenvalue weighted by Crippen LogP contribution is -2.47. The normalized spacial score (nSPS) is 19.8. The zero-order valence-corrected chi connectivity index (χ0v) is 20.8. The fraction of sp³-hybridized carbons (Fsp3) is 0.367. The van der Waals surface area contributed by atoms with Gasteiger partial charge in [0.05, 0.1) is 18.5 Å². The van der Waals surface area contributed by atoms with Crippen molar-refractivity contribution in [3.63, 3.8) is 0 Å². The maximum Gasteiger partial charge on any atom is 0.232 e. The fourth-order valence-electron chi connectivity index (χ4n) is 5.53. The van der Waals surface area contributed by atoms with Crippen molar-refractivity contribution in [2.45, 2.75) is 45.7 Å². The first kappa shape index (κ1) is 22.2. The predicted molar refractivity (Wildman–Crippen MR) is 141 cm³/mol. The van der Waals surface area contributed by atoms with Crippen molar-refractivity contribution in [3.05, 3.63) is 77.4 Å². The molecule has 1 amide bonds. The first-order chi connectivity index (χ1) is 17.1. The molecular formula is C30H33N3O2. The number of hydrazine groups is 1. The molecule has 0 spiro atoms. The topological polar surface area (TPSA) is 36.0 Å². The van der Waals surface area contributed by atoms with Gasteiger partial charge in [-0.1, -0.05) is 42.5 Å². The van der Waals surface area contributed by atoms with Crippen molar-refractivity contribution in [1.29, 1.82) is 0 Å². The molecule has 3 aliphatic rings. The Balaban J connectivity index is 1.44. The first-order valence-corrected chi connectivity index (χ1v) is 12.8. The number of carbonyl (C=O) groups is 1. The molecule has 6 rings (SSSR count). The van der Waals surface area contributed by atoms with Gasteiger partial charge in [-0.15, -0.1) is 0 Å². The molecule has 3 aromatic rings. The number of benzene rings is 3. The van der Waals surface area contributed by atoms with E-state index in [1.807, 2.05) is 12.1 Å². The molecule has 2 heterocycles. The molecule has 180 valence electrons. The second-order valence-electron chi connectivity index (χ2n) is 10.1. The minimum atomic E-state index is -0.151. The lowest BCUT2D eigenvalue weighted by molar-refractivity contribution is -0.120. The molecule has 2 fully saturated rings. The van der Waals surface area contributed by atoms with Crippen molar-refractivity contribution in [1.82, 2.24) is 5.01 Å². The van der Waals surface area contributed by atoms with E-state index in [2.05, 4.69) is 77.3 Å². The number of hydrogen-bond acceptors (Lipinski definition) is 4. The second-order valence-corrected chi connectivity index (χ2v) is 10.1. The van der Waals surface area contributed by atoms with Crippen LogP contribution >= 0.6 is 0 Å². The van der Waals surface area contributed by atoms with Crippen LogP contribution in [-0.4, -0.2) is 31.1 Å². The molecule has 1 aliphatic carbocycles. The van der Waals surface area contributed by atoms with Gasteiger partial charge in [0.1, 0.15) is 11.9 Å². The highest BCUT2D eigenvalue weighted by molar-refractivity contribution is 6.03. The Hall–Kier alpha value is -3.31. The first-order valence-electron chi connectivity index (χ1n) is 12.8. The van der Waals surface area contributed by atoms with Crippen LogP contribution in [0.1, 0.15) is 48.5 Å². The zero-order valence-electron chi connectivity index (χ0n) is 20.8. The Morgan fingerprint density at radius 2 is 1.49 bits per heavy atom. The number of aryl methyl sites for hydroxylation is 1. The highest BCUT2D eigenvalue weighted by Crippen LogP contribution is 2.52. The summed E-state index contributed by atoms with van der Waals surface area (Å²) in [5.74, 6) is 1.28. The number of hydrogen-bond donors (Lipinski definition) is 0. The average Bonchev–Trinajstić information content (AvgIpc) is 3.49. The summed E-state index contributed by atoms with van der Waals surface area (Å²) in [4.78, 5) is 15.8. The number of nitrogens with zero attached hydrogens (tertiary/aromatic N) is 3. The summed E-state index contributed by atoms with van der Waals surface area (Å²) in [6, 6.07) is 21.3. The third-order valence-electron chi connectivity index (χ3n) is 7.83. The highest BCUT2D eigenvalue weighted by atomic mass is 16.5. The Labute approximate surface area is 207 Å². The van der Waals surface area contributed by atoms with Crippen LogP contribution in [0.3, 0.4) is 0 Å². The number of amides is 1. The smallest absolute Gasteiger partial charge is 0.232 e. The van der Waals surface area contributed by atoms with E-state index in [1.165, 1.54) is 29.7 Å². The van der Waals surface area contributed by atoms with E-state index >= 15 is 0 Å². The van der Waals surface area contributed by atoms with Gasteiger partial charge in [0.25, 0.3) is 0 Å². The summed E-state index contributed by atoms with van der Waals surface area (Å²) in [6.45, 7) is 6.42. The van der Waals surface area contributed by atoms with Crippen LogP contribution in [0.2, 0.25) is 0 Å². The molecule has 0 N–H and O–H groups in total. The summed E-state index contributed by atoms with van der Waals surface area (Å²) >= 11 is 0. The van der Waals surface area contributed by atoms with Crippen LogP contribution in [-0.2, 0) is 4.79 Å². The summed E-state index contributed by atoms with van der Waals surface area (Å²) in [5, 5.41) is 4.90. The molecule has 5 nitrogen and oxygen atoms in total. The van der Waals surface area contributed by atoms with E-state index in [4.69, 9.17) is 4.74 Å². The van der Waals surface area contributed by atoms with Crippen LogP contribution in [0.5, 0.6) is 5.75 Å². The standard InChI is InChI=1S/C30H33N3O2/c1-20-6-17-27-28(21(20)2)33(31-18-4-5-19-31)29(32(27)30(34)25-11-12-25)24-9-7-22(8-10-24)23-13-15-26(35-3)16-14-23/h6-10,13-17,25,29H,4-5,11-12,18-19H2,1-3H3. The maximum atomic E-state index is 13.7. The largest absolute Gasteiger partial charge is 0.497 e. The van der Waals surface area contributed by atoms with Crippen molar-refractivity contribution >= 4 is 17.3 Å². The quantitative estimate of drug-likeness (QED) is 0.444. The molecule has 0 bridgehead atoms. The van der Waals surface area contributed by atoms with Gasteiger partial charge in [0.2, 0.25) is 5.91 Å². The van der Waals surface area contributed by atoms with E-state index < -0.39 is 0 Å². The molecule has 35 heavy (non-hydrogen) atoms. The summed E-state index contributed by atoms with van der Waals surface area (Å²) in [5.41, 5.74) is 8.25. The zero-order chi connectivity index (χ0) is 24.1. The molecular weight excluding hydrogens is 434 g/mol. The van der Waals surface area contributed by atoms with Gasteiger partial charge in [-0.2, -0.15) is 0 Å². The highest BCUT2D eigenvalue weighted by Gasteiger charge is 2.48. The maximum absolute atomic E-state index is 13.7. The van der Waals surface area contributed by atoms with Gasteiger partial charge < -0.3 is 4.74 Å². The van der Waals surface area contributed by atoms with Crippen LogP contribution in [0.15, 0.2) is 60.7 Å². The number of carbonyl (C=O) groups excluding carboxylic acids is 1. The molecule has 1 saturated heterocycles. The summed E-state index contributed by atoms with van der Waals surface area (Å²) < 4.78 is 5.31. The molecule has 2 aliphatic heterocycles. The van der Waals surface area contributed by atoms with Gasteiger partial charge in [-0.25, -0.2) is 5.01 Å². The monoisotopic (exact) mass is 467 g/mol.